The Kier molecular flexibility index (Phi) is 1.38. The van der Waals surface area contributed by atoms with Crippen molar-refractivity contribution in [2.24, 2.45) is 17.8 Å². The standard InChI is InChI=1S/C11H15NO/c1-2-3-11(13)8-4-7-6-12-10(11)9(7)5-8/h1,7-10,12-13H,3-6H2. The largest absolute Gasteiger partial charge is 0.387 e. The van der Waals surface area contributed by atoms with Crippen LogP contribution < -0.4 is 5.32 Å². The van der Waals surface area contributed by atoms with Gasteiger partial charge < -0.3 is 10.4 Å². The van der Waals surface area contributed by atoms with E-state index in [-0.39, 0.29) is 0 Å². The van der Waals surface area contributed by atoms with Gasteiger partial charge in [-0.25, -0.2) is 0 Å². The van der Waals surface area contributed by atoms with Gasteiger partial charge in [0.05, 0.1) is 5.60 Å². The van der Waals surface area contributed by atoms with E-state index in [1.54, 1.807) is 0 Å². The fourth-order valence-electron chi connectivity index (χ4n) is 3.86. The minimum Gasteiger partial charge on any atom is -0.387 e. The Hall–Kier alpha value is -0.520. The summed E-state index contributed by atoms with van der Waals surface area (Å²) in [6.45, 7) is 1.10. The van der Waals surface area contributed by atoms with Crippen molar-refractivity contribution < 1.29 is 5.11 Å². The SMILES string of the molecule is C#CCC1(O)C2CC3CNC1C3C2. The maximum Gasteiger partial charge on any atom is 0.0939 e. The van der Waals surface area contributed by atoms with Crippen LogP contribution in [0.3, 0.4) is 0 Å². The molecule has 0 amide bonds. The molecule has 0 aromatic carbocycles. The molecule has 0 aromatic heterocycles. The smallest absolute Gasteiger partial charge is 0.0939 e. The number of hydrogen-bond acceptors (Lipinski definition) is 2. The zero-order chi connectivity index (χ0) is 9.05. The minimum atomic E-state index is -0.577. The average molecular weight is 177 g/mol. The maximum atomic E-state index is 10.5. The summed E-state index contributed by atoms with van der Waals surface area (Å²) in [5, 5.41) is 13.9. The average Bonchev–Trinajstić information content (AvgIpc) is 2.63. The summed E-state index contributed by atoms with van der Waals surface area (Å²) < 4.78 is 0. The van der Waals surface area contributed by atoms with Crippen LogP contribution in [-0.4, -0.2) is 23.3 Å². The Balaban J connectivity index is 1.96. The van der Waals surface area contributed by atoms with Gasteiger partial charge in [0.15, 0.2) is 0 Å². The van der Waals surface area contributed by atoms with E-state index in [0.717, 1.165) is 12.5 Å². The third kappa shape index (κ3) is 0.775. The minimum absolute atomic E-state index is 0.298. The first-order valence-corrected chi connectivity index (χ1v) is 5.15. The van der Waals surface area contributed by atoms with E-state index in [4.69, 9.17) is 6.42 Å². The van der Waals surface area contributed by atoms with Crippen LogP contribution in [-0.2, 0) is 0 Å². The summed E-state index contributed by atoms with van der Waals surface area (Å²) in [5.74, 6) is 4.64. The maximum absolute atomic E-state index is 10.5. The molecular formula is C11H15NO. The van der Waals surface area contributed by atoms with E-state index < -0.39 is 5.60 Å². The molecule has 70 valence electrons. The zero-order valence-corrected chi connectivity index (χ0v) is 7.66. The Morgan fingerprint density at radius 3 is 3.15 bits per heavy atom. The highest BCUT2D eigenvalue weighted by molar-refractivity contribution is 5.19. The van der Waals surface area contributed by atoms with E-state index >= 15 is 0 Å². The Morgan fingerprint density at radius 2 is 2.38 bits per heavy atom. The molecule has 3 rings (SSSR count). The monoisotopic (exact) mass is 177 g/mol. The van der Waals surface area contributed by atoms with Gasteiger partial charge in [0.1, 0.15) is 0 Å². The van der Waals surface area contributed by atoms with Gasteiger partial charge in [0, 0.05) is 12.5 Å². The van der Waals surface area contributed by atoms with Gasteiger partial charge in [-0.3, -0.25) is 0 Å². The van der Waals surface area contributed by atoms with Crippen LogP contribution in [0.25, 0.3) is 0 Å². The van der Waals surface area contributed by atoms with E-state index in [9.17, 15) is 5.11 Å². The van der Waals surface area contributed by atoms with Crippen molar-refractivity contribution in [1.29, 1.82) is 0 Å². The van der Waals surface area contributed by atoms with Crippen molar-refractivity contribution in [3.8, 4) is 12.3 Å². The zero-order valence-electron chi connectivity index (χ0n) is 7.66. The first kappa shape index (κ1) is 7.84. The Bertz CT molecular complexity index is 280. The molecule has 5 atom stereocenters. The summed E-state index contributed by atoms with van der Waals surface area (Å²) in [6, 6.07) is 0.298. The van der Waals surface area contributed by atoms with Gasteiger partial charge in [0.25, 0.3) is 0 Å². The van der Waals surface area contributed by atoms with Gasteiger partial charge in [-0.15, -0.1) is 12.3 Å². The topological polar surface area (TPSA) is 32.3 Å². The molecule has 2 heteroatoms. The van der Waals surface area contributed by atoms with Gasteiger partial charge in [0.2, 0.25) is 0 Å². The fourth-order valence-corrected chi connectivity index (χ4v) is 3.86. The molecule has 0 spiro atoms. The van der Waals surface area contributed by atoms with E-state index in [0.29, 0.717) is 24.3 Å². The molecule has 1 saturated heterocycles. The van der Waals surface area contributed by atoms with Crippen molar-refractivity contribution in [2.75, 3.05) is 6.54 Å². The molecule has 5 unspecified atom stereocenters. The summed E-state index contributed by atoms with van der Waals surface area (Å²) >= 11 is 0. The quantitative estimate of drug-likeness (QED) is 0.567. The summed E-state index contributed by atoms with van der Waals surface area (Å²) in [5.41, 5.74) is -0.577. The van der Waals surface area contributed by atoms with Gasteiger partial charge >= 0.3 is 0 Å². The van der Waals surface area contributed by atoms with E-state index in [1.807, 2.05) is 0 Å². The van der Waals surface area contributed by atoms with E-state index in [1.165, 1.54) is 12.8 Å². The molecule has 2 aliphatic carbocycles. The normalized spacial score (nSPS) is 56.9. The molecule has 2 saturated carbocycles. The first-order valence-electron chi connectivity index (χ1n) is 5.15. The first-order chi connectivity index (χ1) is 6.25. The summed E-state index contributed by atoms with van der Waals surface area (Å²) in [7, 11) is 0. The van der Waals surface area contributed by atoms with Crippen molar-refractivity contribution in [3.63, 3.8) is 0 Å². The molecule has 0 radical (unpaired) electrons. The van der Waals surface area contributed by atoms with Crippen LogP contribution in [0.1, 0.15) is 19.3 Å². The summed E-state index contributed by atoms with van der Waals surface area (Å²) in [6.07, 6.45) is 8.23. The number of aliphatic hydroxyl groups is 1. The Morgan fingerprint density at radius 1 is 1.54 bits per heavy atom. The molecule has 0 aromatic rings. The molecule has 3 fully saturated rings. The third-order valence-corrected chi connectivity index (χ3v) is 4.41. The highest BCUT2D eigenvalue weighted by Crippen LogP contribution is 2.57. The highest BCUT2D eigenvalue weighted by atomic mass is 16.3. The molecule has 13 heavy (non-hydrogen) atoms. The Labute approximate surface area is 78.7 Å². The molecular weight excluding hydrogens is 162 g/mol. The lowest BCUT2D eigenvalue weighted by Gasteiger charge is -2.35. The van der Waals surface area contributed by atoms with Crippen molar-refractivity contribution in [1.82, 2.24) is 5.32 Å². The lowest BCUT2D eigenvalue weighted by Crippen LogP contribution is -2.50. The number of hydrogen-bond donors (Lipinski definition) is 2. The predicted molar refractivity (Wildman–Crippen MR) is 49.9 cm³/mol. The van der Waals surface area contributed by atoms with Crippen LogP contribution in [0.4, 0.5) is 0 Å². The van der Waals surface area contributed by atoms with Gasteiger partial charge in [-0.1, -0.05) is 0 Å². The van der Waals surface area contributed by atoms with Crippen molar-refractivity contribution in [3.05, 3.63) is 0 Å². The van der Waals surface area contributed by atoms with Gasteiger partial charge in [-0.2, -0.15) is 0 Å². The van der Waals surface area contributed by atoms with Crippen molar-refractivity contribution in [2.45, 2.75) is 30.9 Å². The van der Waals surface area contributed by atoms with Gasteiger partial charge in [-0.05, 0) is 37.1 Å². The number of fused-ring (bicyclic) bond motifs is 1. The number of nitrogens with one attached hydrogen (secondary N) is 1. The molecule has 3 aliphatic rings. The molecule has 1 aliphatic heterocycles. The molecule has 2 N–H and O–H groups in total. The van der Waals surface area contributed by atoms with Crippen LogP contribution in [0.2, 0.25) is 0 Å². The molecule has 1 heterocycles. The fraction of sp³-hybridized carbons (Fsp3) is 0.818. The second kappa shape index (κ2) is 2.29. The number of terminal acetylenes is 1. The van der Waals surface area contributed by atoms with Crippen molar-refractivity contribution >= 4 is 0 Å². The predicted octanol–water partition coefficient (Wildman–Crippen LogP) is 0.369. The molecule has 2 bridgehead atoms. The third-order valence-electron chi connectivity index (χ3n) is 4.41. The summed E-state index contributed by atoms with van der Waals surface area (Å²) in [4.78, 5) is 0. The van der Waals surface area contributed by atoms with Crippen LogP contribution >= 0.6 is 0 Å². The number of rotatable bonds is 1. The van der Waals surface area contributed by atoms with E-state index in [2.05, 4.69) is 11.2 Å². The molecule has 2 nitrogen and oxygen atoms in total. The lowest BCUT2D eigenvalue weighted by atomic mass is 9.77. The second-order valence-electron chi connectivity index (χ2n) is 4.85. The lowest BCUT2D eigenvalue weighted by molar-refractivity contribution is -0.0268. The van der Waals surface area contributed by atoms with Crippen LogP contribution in [0.5, 0.6) is 0 Å². The van der Waals surface area contributed by atoms with Crippen LogP contribution in [0, 0.1) is 30.1 Å². The van der Waals surface area contributed by atoms with Crippen LogP contribution in [0.15, 0.2) is 0 Å². The highest BCUT2D eigenvalue weighted by Gasteiger charge is 2.63. The second-order valence-corrected chi connectivity index (χ2v) is 4.85.